The summed E-state index contributed by atoms with van der Waals surface area (Å²) in [6.45, 7) is 12.2. The van der Waals surface area contributed by atoms with Gasteiger partial charge in [-0.3, -0.25) is 0 Å². The van der Waals surface area contributed by atoms with Crippen molar-refractivity contribution in [2.24, 2.45) is 0 Å². The van der Waals surface area contributed by atoms with Gasteiger partial charge in [-0.1, -0.05) is 0 Å². The zero-order valence-electron chi connectivity index (χ0n) is 13.0. The Morgan fingerprint density at radius 1 is 1.10 bits per heavy atom. The minimum atomic E-state index is -1.96. The van der Waals surface area contributed by atoms with E-state index in [4.69, 9.17) is 13.6 Å². The third-order valence-electron chi connectivity index (χ3n) is 2.71. The van der Waals surface area contributed by atoms with E-state index < -0.39 is 47.0 Å². The monoisotopic (exact) mass is 322 g/mol. The van der Waals surface area contributed by atoms with Crippen LogP contribution in [0.2, 0.25) is 39.3 Å². The second-order valence-corrected chi connectivity index (χ2v) is 16.0. The van der Waals surface area contributed by atoms with Crippen molar-refractivity contribution >= 4 is 22.6 Å². The molecule has 0 unspecified atom stereocenters. The molecular weight excluding hydrogens is 296 g/mol. The fourth-order valence-electron chi connectivity index (χ4n) is 1.84. The van der Waals surface area contributed by atoms with Crippen molar-refractivity contribution in [3.63, 3.8) is 0 Å². The van der Waals surface area contributed by atoms with E-state index in [1.807, 2.05) is 39.3 Å². The summed E-state index contributed by atoms with van der Waals surface area (Å²) in [5.74, 6) is -0.822. The van der Waals surface area contributed by atoms with Gasteiger partial charge in [-0.2, -0.15) is 0 Å². The van der Waals surface area contributed by atoms with Crippen molar-refractivity contribution in [1.82, 2.24) is 0 Å². The maximum atomic E-state index is 11.5. The number of aliphatic hydroxyl groups excluding tert-OH is 2. The van der Waals surface area contributed by atoms with Gasteiger partial charge in [0, 0.05) is 0 Å². The molecule has 1 rings (SSSR count). The number of carbonyl (C=O) groups is 1. The Hall–Kier alpha value is -0.256. The largest absolute Gasteiger partial charge is 0.455 e. The molecule has 0 radical (unpaired) electrons. The summed E-state index contributed by atoms with van der Waals surface area (Å²) < 4.78 is 16.8. The van der Waals surface area contributed by atoms with E-state index in [2.05, 4.69) is 0 Å². The maximum absolute atomic E-state index is 11.5. The summed E-state index contributed by atoms with van der Waals surface area (Å²) >= 11 is 0. The van der Waals surface area contributed by atoms with Crippen molar-refractivity contribution in [3.05, 3.63) is 0 Å². The molecule has 1 aliphatic heterocycles. The molecule has 1 aliphatic rings. The third kappa shape index (κ3) is 5.26. The Labute approximate surface area is 122 Å². The molecule has 1 fully saturated rings. The molecule has 0 amide bonds. The van der Waals surface area contributed by atoms with Crippen molar-refractivity contribution in [2.45, 2.75) is 63.7 Å². The SMILES string of the molecule is C[Si](C)(C)OC[C@H]1OC(=O)[C@H](O)[C@@H](O)[C@@H]1O[Si](C)(C)C. The molecule has 4 atom stereocenters. The number of ether oxygens (including phenoxy) is 1. The van der Waals surface area contributed by atoms with Gasteiger partial charge in [0.2, 0.25) is 0 Å². The van der Waals surface area contributed by atoms with Crippen LogP contribution in [0, 0.1) is 0 Å². The fourth-order valence-corrected chi connectivity index (χ4v) is 3.61. The van der Waals surface area contributed by atoms with Gasteiger partial charge < -0.3 is 23.8 Å². The Morgan fingerprint density at radius 2 is 1.65 bits per heavy atom. The molecule has 0 aromatic rings. The summed E-state index contributed by atoms with van der Waals surface area (Å²) in [6.07, 6.45) is -4.26. The normalized spacial score (nSPS) is 32.1. The van der Waals surface area contributed by atoms with E-state index >= 15 is 0 Å². The quantitative estimate of drug-likeness (QED) is 0.573. The van der Waals surface area contributed by atoms with E-state index in [0.717, 1.165) is 0 Å². The van der Waals surface area contributed by atoms with Crippen LogP contribution in [-0.4, -0.2) is 63.8 Å². The lowest BCUT2D eigenvalue weighted by atomic mass is 10.0. The van der Waals surface area contributed by atoms with Crippen LogP contribution >= 0.6 is 0 Å². The maximum Gasteiger partial charge on any atom is 0.338 e. The number of hydrogen-bond acceptors (Lipinski definition) is 6. The molecule has 0 bridgehead atoms. The Balaban J connectivity index is 2.83. The lowest BCUT2D eigenvalue weighted by Crippen LogP contribution is -2.60. The van der Waals surface area contributed by atoms with Crippen molar-refractivity contribution in [1.29, 1.82) is 0 Å². The number of cyclic esters (lactones) is 1. The van der Waals surface area contributed by atoms with Crippen molar-refractivity contribution < 1.29 is 28.6 Å². The summed E-state index contributed by atoms with van der Waals surface area (Å²) in [4.78, 5) is 11.5. The first-order chi connectivity index (χ1) is 8.91. The van der Waals surface area contributed by atoms with Gasteiger partial charge in [-0.25, -0.2) is 4.79 Å². The molecule has 0 spiro atoms. The minimum absolute atomic E-state index is 0.181. The van der Waals surface area contributed by atoms with E-state index in [0.29, 0.717) is 0 Å². The Bertz CT molecular complexity index is 349. The Morgan fingerprint density at radius 3 is 2.10 bits per heavy atom. The molecule has 118 valence electrons. The Kier molecular flexibility index (Phi) is 5.56. The standard InChI is InChI=1S/C12H26O6Si2/c1-19(2,3)16-7-8-11(18-20(4,5)6)9(13)10(14)12(15)17-8/h8-11,13-14H,7H2,1-6H3/t8-,9-,10-,11-/m1/s1. The summed E-state index contributed by atoms with van der Waals surface area (Å²) in [7, 11) is -3.73. The highest BCUT2D eigenvalue weighted by Crippen LogP contribution is 2.24. The molecule has 1 heterocycles. The number of aliphatic hydroxyl groups is 2. The predicted molar refractivity (Wildman–Crippen MR) is 79.4 cm³/mol. The van der Waals surface area contributed by atoms with Crippen molar-refractivity contribution in [2.75, 3.05) is 6.61 Å². The van der Waals surface area contributed by atoms with Gasteiger partial charge in [0.15, 0.2) is 28.8 Å². The molecule has 20 heavy (non-hydrogen) atoms. The lowest BCUT2D eigenvalue weighted by Gasteiger charge is -2.40. The van der Waals surface area contributed by atoms with Crippen LogP contribution in [0.4, 0.5) is 0 Å². The van der Waals surface area contributed by atoms with Crippen LogP contribution in [-0.2, 0) is 18.4 Å². The first kappa shape index (κ1) is 17.8. The first-order valence-electron chi connectivity index (χ1n) is 6.79. The summed E-state index contributed by atoms with van der Waals surface area (Å²) in [5, 5.41) is 19.7. The van der Waals surface area contributed by atoms with Gasteiger partial charge in [-0.05, 0) is 39.3 Å². The average molecular weight is 323 g/mol. The second-order valence-electron chi connectivity index (χ2n) is 7.03. The van der Waals surface area contributed by atoms with Gasteiger partial charge >= 0.3 is 5.97 Å². The van der Waals surface area contributed by atoms with Crippen LogP contribution in [0.25, 0.3) is 0 Å². The molecule has 0 aromatic heterocycles. The molecule has 0 saturated carbocycles. The van der Waals surface area contributed by atoms with Gasteiger partial charge in [-0.15, -0.1) is 0 Å². The van der Waals surface area contributed by atoms with Crippen LogP contribution in [0.3, 0.4) is 0 Å². The molecule has 8 heteroatoms. The minimum Gasteiger partial charge on any atom is -0.455 e. The van der Waals surface area contributed by atoms with E-state index in [1.165, 1.54) is 0 Å². The molecule has 2 N–H and O–H groups in total. The van der Waals surface area contributed by atoms with E-state index in [1.54, 1.807) is 0 Å². The van der Waals surface area contributed by atoms with Crippen LogP contribution in [0.15, 0.2) is 0 Å². The van der Waals surface area contributed by atoms with Crippen molar-refractivity contribution in [3.8, 4) is 0 Å². The van der Waals surface area contributed by atoms with Gasteiger partial charge in [0.05, 0.1) is 6.61 Å². The number of carbonyl (C=O) groups excluding carboxylic acids is 1. The average Bonchev–Trinajstić information content (AvgIpc) is 2.25. The highest BCUT2D eigenvalue weighted by Gasteiger charge is 2.47. The number of esters is 1. The van der Waals surface area contributed by atoms with E-state index in [-0.39, 0.29) is 6.61 Å². The number of rotatable bonds is 5. The van der Waals surface area contributed by atoms with Gasteiger partial charge in [0.25, 0.3) is 0 Å². The smallest absolute Gasteiger partial charge is 0.338 e. The van der Waals surface area contributed by atoms with Crippen LogP contribution in [0.1, 0.15) is 0 Å². The highest BCUT2D eigenvalue weighted by molar-refractivity contribution is 6.70. The van der Waals surface area contributed by atoms with Crippen LogP contribution < -0.4 is 0 Å². The van der Waals surface area contributed by atoms with E-state index in [9.17, 15) is 15.0 Å². The fraction of sp³-hybridized carbons (Fsp3) is 0.917. The zero-order chi connectivity index (χ0) is 15.7. The highest BCUT2D eigenvalue weighted by atomic mass is 28.4. The third-order valence-corrected chi connectivity index (χ3v) is 4.72. The lowest BCUT2D eigenvalue weighted by molar-refractivity contribution is -0.203. The predicted octanol–water partition coefficient (Wildman–Crippen LogP) is 0.705. The zero-order valence-corrected chi connectivity index (χ0v) is 15.0. The summed E-state index contributed by atoms with van der Waals surface area (Å²) in [6, 6.07) is 0. The summed E-state index contributed by atoms with van der Waals surface area (Å²) in [5.41, 5.74) is 0. The molecular formula is C12H26O6Si2. The first-order valence-corrected chi connectivity index (χ1v) is 13.6. The van der Waals surface area contributed by atoms with Gasteiger partial charge in [0.1, 0.15) is 12.2 Å². The molecule has 1 saturated heterocycles. The second kappa shape index (κ2) is 6.24. The molecule has 0 aliphatic carbocycles. The molecule has 6 nitrogen and oxygen atoms in total. The number of hydrogen-bond donors (Lipinski definition) is 2. The molecule has 0 aromatic carbocycles. The van der Waals surface area contributed by atoms with Crippen LogP contribution in [0.5, 0.6) is 0 Å². The topological polar surface area (TPSA) is 85.2 Å².